The zero-order valence-corrected chi connectivity index (χ0v) is 13.4. The minimum atomic E-state index is -0.539. The molecule has 4 rings (SSSR count). The van der Waals surface area contributed by atoms with Crippen molar-refractivity contribution >= 4 is 27.6 Å². The highest BCUT2D eigenvalue weighted by atomic mass is 32.1. The molecule has 23 heavy (non-hydrogen) atoms. The molecule has 4 atom stereocenters. The molecule has 2 aromatic rings. The number of aromatic amines is 1. The van der Waals surface area contributed by atoms with Gasteiger partial charge in [0.1, 0.15) is 10.9 Å². The lowest BCUT2D eigenvalue weighted by Gasteiger charge is -2.19. The molecule has 2 aliphatic rings. The molecule has 124 valence electrons. The molecule has 0 radical (unpaired) electrons. The molecule has 8 nitrogen and oxygen atoms in total. The molecule has 1 aliphatic heterocycles. The Bertz CT molecular complexity index is 868. The van der Waals surface area contributed by atoms with Crippen molar-refractivity contribution in [2.45, 2.75) is 44.6 Å². The third-order valence-corrected chi connectivity index (χ3v) is 5.58. The maximum atomic E-state index is 12.4. The van der Waals surface area contributed by atoms with E-state index in [1.165, 1.54) is 4.57 Å². The van der Waals surface area contributed by atoms with E-state index in [0.717, 1.165) is 24.2 Å². The smallest absolute Gasteiger partial charge is 0.311 e. The van der Waals surface area contributed by atoms with Crippen LogP contribution in [0.4, 0.5) is 5.95 Å². The quantitative estimate of drug-likeness (QED) is 0.745. The highest BCUT2D eigenvalue weighted by Crippen LogP contribution is 2.42. The number of aliphatic hydroxyl groups is 1. The molecule has 0 spiro atoms. The van der Waals surface area contributed by atoms with E-state index in [0.29, 0.717) is 12.3 Å². The number of thiazole rings is 1. The first-order chi connectivity index (χ1) is 11.0. The van der Waals surface area contributed by atoms with E-state index in [-0.39, 0.29) is 33.2 Å². The average Bonchev–Trinajstić information content (AvgIpc) is 3.19. The molecule has 3 heterocycles. The summed E-state index contributed by atoms with van der Waals surface area (Å²) in [6, 6.07) is 0. The van der Waals surface area contributed by atoms with Crippen LogP contribution in [0.3, 0.4) is 0 Å². The number of ether oxygens (including phenoxy) is 1. The van der Waals surface area contributed by atoms with Crippen LogP contribution in [0.2, 0.25) is 0 Å². The Morgan fingerprint density at radius 2 is 2.22 bits per heavy atom. The second kappa shape index (κ2) is 5.15. The molecule has 1 saturated carbocycles. The van der Waals surface area contributed by atoms with Crippen LogP contribution in [0.5, 0.6) is 0 Å². The van der Waals surface area contributed by atoms with E-state index in [2.05, 4.69) is 9.97 Å². The molecular weight excluding hydrogens is 320 g/mol. The highest BCUT2D eigenvalue weighted by molar-refractivity contribution is 7.16. The summed E-state index contributed by atoms with van der Waals surface area (Å²) in [5.41, 5.74) is 5.43. The van der Waals surface area contributed by atoms with Gasteiger partial charge in [0.25, 0.3) is 5.56 Å². The van der Waals surface area contributed by atoms with E-state index >= 15 is 0 Å². The number of anilines is 1. The minimum absolute atomic E-state index is 0.0331. The van der Waals surface area contributed by atoms with Crippen LogP contribution in [0, 0.1) is 11.8 Å². The molecule has 1 saturated heterocycles. The van der Waals surface area contributed by atoms with Gasteiger partial charge in [-0.15, -0.1) is 0 Å². The van der Waals surface area contributed by atoms with Gasteiger partial charge in [-0.25, -0.2) is 0 Å². The molecule has 4 N–H and O–H groups in total. The summed E-state index contributed by atoms with van der Waals surface area (Å²) in [6.45, 7) is 1.97. The molecule has 9 heteroatoms. The van der Waals surface area contributed by atoms with Gasteiger partial charge >= 0.3 is 4.87 Å². The van der Waals surface area contributed by atoms with Crippen molar-refractivity contribution in [2.24, 2.45) is 11.8 Å². The molecule has 0 bridgehead atoms. The van der Waals surface area contributed by atoms with Gasteiger partial charge < -0.3 is 15.6 Å². The number of aliphatic hydroxyl groups excluding tert-OH is 1. The molecule has 2 fully saturated rings. The minimum Gasteiger partial charge on any atom is -0.390 e. The van der Waals surface area contributed by atoms with Crippen LogP contribution in [0.25, 0.3) is 10.3 Å². The highest BCUT2D eigenvalue weighted by Gasteiger charge is 2.44. The summed E-state index contributed by atoms with van der Waals surface area (Å²) >= 11 is 0.834. The molecule has 0 unspecified atom stereocenters. The van der Waals surface area contributed by atoms with E-state index < -0.39 is 17.9 Å². The van der Waals surface area contributed by atoms with Crippen molar-refractivity contribution in [3.8, 4) is 0 Å². The van der Waals surface area contributed by atoms with Crippen LogP contribution in [0.15, 0.2) is 9.59 Å². The van der Waals surface area contributed by atoms with Crippen LogP contribution in [-0.2, 0) is 4.74 Å². The number of nitrogens with two attached hydrogens (primary N) is 1. The second-order valence-electron chi connectivity index (χ2n) is 6.45. The van der Waals surface area contributed by atoms with Crippen molar-refractivity contribution in [1.82, 2.24) is 14.5 Å². The first-order valence-electron chi connectivity index (χ1n) is 7.70. The zero-order valence-electron chi connectivity index (χ0n) is 12.6. The van der Waals surface area contributed by atoms with E-state index in [1.54, 1.807) is 0 Å². The maximum Gasteiger partial charge on any atom is 0.311 e. The lowest BCUT2D eigenvalue weighted by atomic mass is 10.0. The molecule has 2 aromatic heterocycles. The molecule has 1 aliphatic carbocycles. The van der Waals surface area contributed by atoms with Crippen LogP contribution in [-0.4, -0.2) is 31.8 Å². The number of nitrogens with one attached hydrogen (secondary N) is 1. The lowest BCUT2D eigenvalue weighted by molar-refractivity contribution is -0.0700. The van der Waals surface area contributed by atoms with Crippen LogP contribution < -0.4 is 16.2 Å². The van der Waals surface area contributed by atoms with Gasteiger partial charge in [-0.05, 0) is 25.2 Å². The molecular formula is C14H18N4O4S. The number of rotatable bonds is 3. The summed E-state index contributed by atoms with van der Waals surface area (Å²) in [5, 5.41) is 10.3. The zero-order chi connectivity index (χ0) is 16.3. The number of aromatic nitrogens is 3. The van der Waals surface area contributed by atoms with Gasteiger partial charge in [0, 0.05) is 5.92 Å². The summed E-state index contributed by atoms with van der Waals surface area (Å²) in [7, 11) is 0. The Labute approximate surface area is 134 Å². The SMILES string of the molecule is C[C@@H]1C[C@@H]([C@@H](O)C2CC2)O[C@H]1n1c(=O)sc2c(=O)[nH]c(N)nc21. The van der Waals surface area contributed by atoms with E-state index in [4.69, 9.17) is 10.5 Å². The number of nitrogen functional groups attached to an aromatic ring is 1. The van der Waals surface area contributed by atoms with Crippen molar-refractivity contribution in [3.05, 3.63) is 20.0 Å². The predicted octanol–water partition coefficient (Wildman–Crippen LogP) is 0.423. The fourth-order valence-electron chi connectivity index (χ4n) is 3.30. The average molecular weight is 338 g/mol. The Kier molecular flexibility index (Phi) is 3.33. The molecule has 0 amide bonds. The van der Waals surface area contributed by atoms with Gasteiger partial charge in [-0.3, -0.25) is 19.1 Å². The first kappa shape index (κ1) is 14.9. The normalized spacial score (nSPS) is 29.2. The Morgan fingerprint density at radius 3 is 2.91 bits per heavy atom. The number of fused-ring (bicyclic) bond motifs is 1. The maximum absolute atomic E-state index is 12.4. The predicted molar refractivity (Wildman–Crippen MR) is 85.3 cm³/mol. The van der Waals surface area contributed by atoms with Gasteiger partial charge in [0.2, 0.25) is 5.95 Å². The monoisotopic (exact) mass is 338 g/mol. The number of nitrogens with zero attached hydrogens (tertiary/aromatic N) is 2. The Balaban J connectivity index is 1.75. The standard InChI is InChI=1S/C14H18N4O4S/c1-5-4-7(8(19)6-2-3-6)22-12(5)18-10-9(23-14(18)21)11(20)17-13(15)16-10/h5-8,12,19H,2-4H2,1H3,(H3,15,16,17,20)/t5-,7+,8+,12-/m1/s1. The number of hydrogen-bond acceptors (Lipinski definition) is 7. The summed E-state index contributed by atoms with van der Waals surface area (Å²) in [6.07, 6.45) is 1.39. The van der Waals surface area contributed by atoms with Gasteiger partial charge in [0.15, 0.2) is 5.65 Å². The van der Waals surface area contributed by atoms with Crippen LogP contribution >= 0.6 is 11.3 Å². The van der Waals surface area contributed by atoms with Crippen molar-refractivity contribution in [1.29, 1.82) is 0 Å². The van der Waals surface area contributed by atoms with E-state index in [9.17, 15) is 14.7 Å². The van der Waals surface area contributed by atoms with Gasteiger partial charge in [-0.2, -0.15) is 4.98 Å². The van der Waals surface area contributed by atoms with Crippen molar-refractivity contribution in [2.75, 3.05) is 5.73 Å². The summed E-state index contributed by atoms with van der Waals surface area (Å²) in [5.74, 6) is 0.305. The second-order valence-corrected chi connectivity index (χ2v) is 7.41. The van der Waals surface area contributed by atoms with Crippen molar-refractivity contribution < 1.29 is 9.84 Å². The van der Waals surface area contributed by atoms with E-state index in [1.807, 2.05) is 6.92 Å². The third-order valence-electron chi connectivity index (χ3n) is 4.64. The molecule has 0 aromatic carbocycles. The fraction of sp³-hybridized carbons (Fsp3) is 0.643. The van der Waals surface area contributed by atoms with Gasteiger partial charge in [0.05, 0.1) is 12.2 Å². The summed E-state index contributed by atoms with van der Waals surface area (Å²) in [4.78, 5) is 30.5. The van der Waals surface area contributed by atoms with Crippen molar-refractivity contribution in [3.63, 3.8) is 0 Å². The third kappa shape index (κ3) is 2.39. The largest absolute Gasteiger partial charge is 0.390 e. The Morgan fingerprint density at radius 1 is 1.48 bits per heavy atom. The topological polar surface area (TPSA) is 123 Å². The number of H-pyrrole nitrogens is 1. The fourth-order valence-corrected chi connectivity index (χ4v) is 4.14. The van der Waals surface area contributed by atoms with Gasteiger partial charge in [-0.1, -0.05) is 18.3 Å². The summed E-state index contributed by atoms with van der Waals surface area (Å²) < 4.78 is 7.62. The number of hydrogen-bond donors (Lipinski definition) is 3. The lowest BCUT2D eigenvalue weighted by Crippen LogP contribution is -2.29. The first-order valence-corrected chi connectivity index (χ1v) is 8.51. The Hall–Kier alpha value is -1.71. The van der Waals surface area contributed by atoms with Crippen LogP contribution in [0.1, 0.15) is 32.4 Å².